The minimum Gasteiger partial charge on any atom is -0.465 e. The molecule has 0 fully saturated rings. The van der Waals surface area contributed by atoms with Crippen LogP contribution >= 0.6 is 22.9 Å². The van der Waals surface area contributed by atoms with E-state index in [1.165, 1.54) is 42.7 Å². The van der Waals surface area contributed by atoms with Crippen LogP contribution in [0.5, 0.6) is 0 Å². The number of halogens is 1. The summed E-state index contributed by atoms with van der Waals surface area (Å²) in [5.74, 6) is -1.87. The highest BCUT2D eigenvalue weighted by Gasteiger charge is 2.25. The molecule has 5 nitrogen and oxygen atoms in total. The number of aromatic nitrogens is 1. The number of ketones is 1. The van der Waals surface area contributed by atoms with Crippen molar-refractivity contribution < 1.29 is 14.3 Å². The summed E-state index contributed by atoms with van der Waals surface area (Å²) in [6.45, 7) is 0. The van der Waals surface area contributed by atoms with E-state index in [1.54, 1.807) is 12.1 Å². The summed E-state index contributed by atoms with van der Waals surface area (Å²) in [6, 6.07) is 13.2. The number of methoxy groups -OCH3 is 1. The van der Waals surface area contributed by atoms with Crippen molar-refractivity contribution in [1.82, 2.24) is 4.98 Å². The molecule has 1 heterocycles. The molecular formula is C18H11ClN2O3S. The lowest BCUT2D eigenvalue weighted by molar-refractivity contribution is 0.0600. The van der Waals surface area contributed by atoms with Gasteiger partial charge in [-0.1, -0.05) is 23.7 Å². The number of ether oxygens (including phenoxy) is 1. The van der Waals surface area contributed by atoms with Gasteiger partial charge < -0.3 is 4.74 Å². The second kappa shape index (κ2) is 7.01. The van der Waals surface area contributed by atoms with Crippen LogP contribution in [0.15, 0.2) is 42.5 Å². The highest BCUT2D eigenvalue weighted by Crippen LogP contribution is 2.31. The lowest BCUT2D eigenvalue weighted by Gasteiger charge is -2.06. The van der Waals surface area contributed by atoms with Crippen LogP contribution in [-0.2, 0) is 4.74 Å². The summed E-state index contributed by atoms with van der Waals surface area (Å²) in [7, 11) is 1.28. The molecule has 0 N–H and O–H groups in total. The third kappa shape index (κ3) is 3.38. The molecule has 7 heteroatoms. The van der Waals surface area contributed by atoms with E-state index in [1.807, 2.05) is 12.1 Å². The molecule has 0 amide bonds. The Morgan fingerprint density at radius 3 is 2.52 bits per heavy atom. The van der Waals surface area contributed by atoms with E-state index in [-0.39, 0.29) is 5.78 Å². The largest absolute Gasteiger partial charge is 0.465 e. The molecule has 0 aliphatic rings. The number of rotatable bonds is 4. The summed E-state index contributed by atoms with van der Waals surface area (Å²) in [6.07, 6.45) is 0. The van der Waals surface area contributed by atoms with Gasteiger partial charge >= 0.3 is 5.97 Å². The second-order valence-electron chi connectivity index (χ2n) is 5.16. The Morgan fingerprint density at radius 1 is 1.20 bits per heavy atom. The highest BCUT2D eigenvalue weighted by atomic mass is 35.5. The van der Waals surface area contributed by atoms with Crippen molar-refractivity contribution in [2.24, 2.45) is 0 Å². The predicted molar refractivity (Wildman–Crippen MR) is 95.1 cm³/mol. The first-order valence-electron chi connectivity index (χ1n) is 7.21. The van der Waals surface area contributed by atoms with E-state index in [9.17, 15) is 14.9 Å². The molecule has 1 unspecified atom stereocenters. The van der Waals surface area contributed by atoms with Crippen molar-refractivity contribution in [3.63, 3.8) is 0 Å². The Bertz CT molecular complexity index is 1010. The zero-order valence-electron chi connectivity index (χ0n) is 13.0. The van der Waals surface area contributed by atoms with Gasteiger partial charge in [-0.3, -0.25) is 4.79 Å². The molecular weight excluding hydrogens is 360 g/mol. The second-order valence-corrected chi connectivity index (χ2v) is 6.66. The maximum Gasteiger partial charge on any atom is 0.337 e. The number of nitrogens with zero attached hydrogens (tertiary/aromatic N) is 2. The lowest BCUT2D eigenvalue weighted by Crippen LogP contribution is -2.11. The van der Waals surface area contributed by atoms with Crippen molar-refractivity contribution in [3.05, 3.63) is 63.6 Å². The summed E-state index contributed by atoms with van der Waals surface area (Å²) in [5.41, 5.74) is 1.32. The molecule has 3 rings (SSSR count). The third-order valence-electron chi connectivity index (χ3n) is 3.59. The highest BCUT2D eigenvalue weighted by molar-refractivity contribution is 7.18. The monoisotopic (exact) mass is 370 g/mol. The minimum atomic E-state index is -1.01. The van der Waals surface area contributed by atoms with Gasteiger partial charge in [-0.2, -0.15) is 5.26 Å². The molecule has 2 aromatic carbocycles. The molecule has 0 spiro atoms. The quantitative estimate of drug-likeness (QED) is 0.507. The average Bonchev–Trinajstić information content (AvgIpc) is 3.04. The minimum absolute atomic E-state index is 0.330. The Hall–Kier alpha value is -2.75. The molecule has 124 valence electrons. The average molecular weight is 371 g/mol. The summed E-state index contributed by atoms with van der Waals surface area (Å²) >= 11 is 7.23. The molecule has 0 radical (unpaired) electrons. The number of benzene rings is 2. The van der Waals surface area contributed by atoms with Gasteiger partial charge in [-0.25, -0.2) is 9.78 Å². The Balaban J connectivity index is 1.92. The van der Waals surface area contributed by atoms with Crippen LogP contribution in [0.1, 0.15) is 31.6 Å². The zero-order valence-corrected chi connectivity index (χ0v) is 14.6. The van der Waals surface area contributed by atoms with Crippen LogP contribution in [0, 0.1) is 11.3 Å². The van der Waals surface area contributed by atoms with Gasteiger partial charge in [0.25, 0.3) is 0 Å². The smallest absolute Gasteiger partial charge is 0.337 e. The first kappa shape index (κ1) is 17.1. The van der Waals surface area contributed by atoms with E-state index in [0.717, 1.165) is 4.70 Å². The van der Waals surface area contributed by atoms with Gasteiger partial charge in [0.05, 0.1) is 29.0 Å². The summed E-state index contributed by atoms with van der Waals surface area (Å²) < 4.78 is 5.48. The number of thiazole rings is 1. The molecule has 0 saturated heterocycles. The maximum atomic E-state index is 12.7. The van der Waals surface area contributed by atoms with Crippen molar-refractivity contribution in [2.45, 2.75) is 5.92 Å². The molecule has 3 aromatic rings. The predicted octanol–water partition coefficient (Wildman–Crippen LogP) is 4.23. The number of nitriles is 1. The van der Waals surface area contributed by atoms with Gasteiger partial charge in [0, 0.05) is 10.6 Å². The molecule has 1 atom stereocenters. The van der Waals surface area contributed by atoms with Crippen molar-refractivity contribution in [1.29, 1.82) is 5.26 Å². The number of Topliss-reactive ketones (excluding diaryl/α,β-unsaturated/α-hetero) is 1. The normalized spacial score (nSPS) is 11.7. The summed E-state index contributed by atoms with van der Waals surface area (Å²) in [4.78, 5) is 28.5. The van der Waals surface area contributed by atoms with Crippen LogP contribution in [0.3, 0.4) is 0 Å². The standard InChI is InChI=1S/C18H11ClN2O3S/c1-24-18(23)11-4-2-10(3-5-11)16(22)13(9-20)17-21-14-8-12(19)6-7-15(14)25-17/h2-8,13H,1H3. The first-order valence-corrected chi connectivity index (χ1v) is 8.41. The van der Waals surface area contributed by atoms with Gasteiger partial charge in [0.1, 0.15) is 5.01 Å². The Kier molecular flexibility index (Phi) is 4.79. The Labute approximate surface area is 152 Å². The number of hydrogen-bond donors (Lipinski definition) is 0. The zero-order chi connectivity index (χ0) is 18.0. The number of esters is 1. The van der Waals surface area contributed by atoms with Crippen LogP contribution in [-0.4, -0.2) is 23.8 Å². The maximum absolute atomic E-state index is 12.7. The first-order chi connectivity index (χ1) is 12.0. The molecule has 0 bridgehead atoms. The topological polar surface area (TPSA) is 80.0 Å². The van der Waals surface area contributed by atoms with Gasteiger partial charge in [0.2, 0.25) is 0 Å². The third-order valence-corrected chi connectivity index (χ3v) is 4.93. The van der Waals surface area contributed by atoms with E-state index < -0.39 is 11.9 Å². The fraction of sp³-hybridized carbons (Fsp3) is 0.111. The number of hydrogen-bond acceptors (Lipinski definition) is 6. The van der Waals surface area contributed by atoms with Crippen LogP contribution in [0.4, 0.5) is 0 Å². The van der Waals surface area contributed by atoms with Crippen molar-refractivity contribution in [2.75, 3.05) is 7.11 Å². The van der Waals surface area contributed by atoms with Crippen LogP contribution < -0.4 is 0 Å². The van der Waals surface area contributed by atoms with Crippen molar-refractivity contribution >= 4 is 44.9 Å². The van der Waals surface area contributed by atoms with Crippen LogP contribution in [0.25, 0.3) is 10.2 Å². The fourth-order valence-corrected chi connectivity index (χ4v) is 3.48. The van der Waals surface area contributed by atoms with Crippen LogP contribution in [0.2, 0.25) is 5.02 Å². The van der Waals surface area contributed by atoms with E-state index >= 15 is 0 Å². The molecule has 0 saturated carbocycles. The van der Waals surface area contributed by atoms with Gasteiger partial charge in [-0.15, -0.1) is 11.3 Å². The lowest BCUT2D eigenvalue weighted by atomic mass is 9.98. The molecule has 1 aromatic heterocycles. The van der Waals surface area contributed by atoms with E-state index in [4.69, 9.17) is 11.6 Å². The fourth-order valence-electron chi connectivity index (χ4n) is 2.32. The SMILES string of the molecule is COC(=O)c1ccc(C(=O)C(C#N)c2nc3cc(Cl)ccc3s2)cc1. The summed E-state index contributed by atoms with van der Waals surface area (Å²) in [5, 5.41) is 10.4. The number of carbonyl (C=O) groups excluding carboxylic acids is 2. The number of carbonyl (C=O) groups is 2. The molecule has 25 heavy (non-hydrogen) atoms. The number of fused-ring (bicyclic) bond motifs is 1. The van der Waals surface area contributed by atoms with Crippen molar-refractivity contribution in [3.8, 4) is 6.07 Å². The van der Waals surface area contributed by atoms with E-state index in [0.29, 0.717) is 26.7 Å². The molecule has 0 aliphatic heterocycles. The van der Waals surface area contributed by atoms with E-state index in [2.05, 4.69) is 9.72 Å². The molecule has 0 aliphatic carbocycles. The van der Waals surface area contributed by atoms with Gasteiger partial charge in [-0.05, 0) is 30.3 Å². The Morgan fingerprint density at radius 2 is 1.88 bits per heavy atom. The van der Waals surface area contributed by atoms with Gasteiger partial charge in [0.15, 0.2) is 11.7 Å².